The summed E-state index contributed by atoms with van der Waals surface area (Å²) in [5.74, 6) is 0.0153. The normalized spacial score (nSPS) is 13.7. The Hall–Kier alpha value is -1.44. The van der Waals surface area contributed by atoms with E-state index in [1.165, 1.54) is 0 Å². The van der Waals surface area contributed by atoms with Crippen LogP contribution in [0.2, 0.25) is 0 Å². The van der Waals surface area contributed by atoms with Crippen molar-refractivity contribution in [3.8, 4) is 0 Å². The molecule has 0 aliphatic carbocycles. The van der Waals surface area contributed by atoms with E-state index in [0.29, 0.717) is 13.2 Å². The predicted molar refractivity (Wildman–Crippen MR) is 78.0 cm³/mol. The zero-order valence-electron chi connectivity index (χ0n) is 11.6. The fraction of sp³-hybridized carbons (Fsp3) is 0.462. The molecule has 0 saturated carbocycles. The number of fused-ring (bicyclic) bond motifs is 1. The number of hydrogen-bond donors (Lipinski definition) is 1. The average Bonchev–Trinajstić information content (AvgIpc) is 2.79. The van der Waals surface area contributed by atoms with Gasteiger partial charge in [0.25, 0.3) is 0 Å². The first-order valence-corrected chi connectivity index (χ1v) is 8.06. The van der Waals surface area contributed by atoms with Gasteiger partial charge >= 0.3 is 0 Å². The van der Waals surface area contributed by atoms with E-state index in [4.69, 9.17) is 4.74 Å². The number of aryl methyl sites for hydroxylation is 1. The van der Waals surface area contributed by atoms with Gasteiger partial charge in [0.2, 0.25) is 10.0 Å². The van der Waals surface area contributed by atoms with Gasteiger partial charge in [0.15, 0.2) is 0 Å². The molecule has 1 heterocycles. The number of imidazole rings is 1. The standard InChI is InChI=1S/C13H19N3O3S/c1-11(9-19-2)15-20(17,18)8-7-16-10-14-12-5-3-4-6-13(12)16/h3-6,10-11,15H,7-9H2,1-2H3/t11-/m1/s1. The second kappa shape index (κ2) is 6.34. The van der Waals surface area contributed by atoms with Crippen LogP contribution in [0.25, 0.3) is 11.0 Å². The SMILES string of the molecule is COC[C@@H](C)NS(=O)(=O)CCn1cnc2ccccc21. The molecule has 0 bridgehead atoms. The molecule has 1 N–H and O–H groups in total. The smallest absolute Gasteiger partial charge is 0.213 e. The molecule has 0 aliphatic rings. The van der Waals surface area contributed by atoms with Gasteiger partial charge in [-0.3, -0.25) is 0 Å². The summed E-state index contributed by atoms with van der Waals surface area (Å²) in [6, 6.07) is 7.41. The lowest BCUT2D eigenvalue weighted by Gasteiger charge is -2.13. The fourth-order valence-corrected chi connectivity index (χ4v) is 3.29. The highest BCUT2D eigenvalue weighted by molar-refractivity contribution is 7.89. The minimum Gasteiger partial charge on any atom is -0.383 e. The van der Waals surface area contributed by atoms with E-state index < -0.39 is 10.0 Å². The molecule has 0 amide bonds. The summed E-state index contributed by atoms with van der Waals surface area (Å²) in [4.78, 5) is 4.24. The number of benzene rings is 1. The van der Waals surface area contributed by atoms with Crippen LogP contribution in [0.15, 0.2) is 30.6 Å². The number of aromatic nitrogens is 2. The van der Waals surface area contributed by atoms with Crippen molar-refractivity contribution in [3.05, 3.63) is 30.6 Å². The molecular formula is C13H19N3O3S. The third-order valence-electron chi connectivity index (χ3n) is 2.93. The number of para-hydroxylation sites is 2. The third-order valence-corrected chi connectivity index (χ3v) is 4.41. The van der Waals surface area contributed by atoms with Gasteiger partial charge in [0.1, 0.15) is 0 Å². The first-order valence-electron chi connectivity index (χ1n) is 6.40. The van der Waals surface area contributed by atoms with E-state index in [2.05, 4.69) is 9.71 Å². The minimum absolute atomic E-state index is 0.0153. The topological polar surface area (TPSA) is 73.2 Å². The molecule has 1 aromatic carbocycles. The number of sulfonamides is 1. The number of hydrogen-bond acceptors (Lipinski definition) is 4. The van der Waals surface area contributed by atoms with Crippen LogP contribution in [-0.2, 0) is 21.3 Å². The Morgan fingerprint density at radius 1 is 1.40 bits per heavy atom. The Labute approximate surface area is 118 Å². The summed E-state index contributed by atoms with van der Waals surface area (Å²) in [5, 5.41) is 0. The van der Waals surface area contributed by atoms with E-state index in [9.17, 15) is 8.42 Å². The summed E-state index contributed by atoms with van der Waals surface area (Å²) >= 11 is 0. The molecule has 0 radical (unpaired) electrons. The molecule has 6 nitrogen and oxygen atoms in total. The highest BCUT2D eigenvalue weighted by Gasteiger charge is 2.15. The molecular weight excluding hydrogens is 278 g/mol. The van der Waals surface area contributed by atoms with Crippen LogP contribution >= 0.6 is 0 Å². The van der Waals surface area contributed by atoms with Crippen molar-refractivity contribution >= 4 is 21.1 Å². The van der Waals surface area contributed by atoms with Gasteiger partial charge in [-0.1, -0.05) is 12.1 Å². The number of nitrogens with zero attached hydrogens (tertiary/aromatic N) is 2. The van der Waals surface area contributed by atoms with Crippen LogP contribution in [0.5, 0.6) is 0 Å². The molecule has 0 fully saturated rings. The zero-order chi connectivity index (χ0) is 14.6. The second-order valence-electron chi connectivity index (χ2n) is 4.72. The van der Waals surface area contributed by atoms with Gasteiger partial charge in [-0.2, -0.15) is 0 Å². The lowest BCUT2D eigenvalue weighted by molar-refractivity contribution is 0.180. The van der Waals surface area contributed by atoms with Crippen LogP contribution in [0.1, 0.15) is 6.92 Å². The first-order chi connectivity index (χ1) is 9.52. The summed E-state index contributed by atoms with van der Waals surface area (Å²) in [5.41, 5.74) is 1.80. The van der Waals surface area contributed by atoms with E-state index in [1.807, 2.05) is 28.8 Å². The summed E-state index contributed by atoms with van der Waals surface area (Å²) in [6.07, 6.45) is 1.67. The Morgan fingerprint density at radius 2 is 2.15 bits per heavy atom. The van der Waals surface area contributed by atoms with E-state index in [-0.39, 0.29) is 11.8 Å². The Morgan fingerprint density at radius 3 is 2.90 bits per heavy atom. The average molecular weight is 297 g/mol. The Kier molecular flexibility index (Phi) is 4.74. The van der Waals surface area contributed by atoms with Crippen molar-refractivity contribution in [1.29, 1.82) is 0 Å². The van der Waals surface area contributed by atoms with E-state index in [0.717, 1.165) is 11.0 Å². The highest BCUT2D eigenvalue weighted by atomic mass is 32.2. The molecule has 1 atom stereocenters. The van der Waals surface area contributed by atoms with Gasteiger partial charge in [0.05, 0.1) is 29.7 Å². The van der Waals surface area contributed by atoms with Crippen molar-refractivity contribution < 1.29 is 13.2 Å². The van der Waals surface area contributed by atoms with Crippen LogP contribution in [-0.4, -0.2) is 43.5 Å². The molecule has 0 saturated heterocycles. The van der Waals surface area contributed by atoms with Crippen LogP contribution in [0.3, 0.4) is 0 Å². The summed E-state index contributed by atoms with van der Waals surface area (Å²) in [7, 11) is -1.78. The second-order valence-corrected chi connectivity index (χ2v) is 6.59. The highest BCUT2D eigenvalue weighted by Crippen LogP contribution is 2.11. The number of nitrogens with one attached hydrogen (secondary N) is 1. The van der Waals surface area contributed by atoms with Crippen LogP contribution in [0.4, 0.5) is 0 Å². The van der Waals surface area contributed by atoms with Crippen molar-refractivity contribution in [1.82, 2.24) is 14.3 Å². The molecule has 0 aliphatic heterocycles. The molecule has 7 heteroatoms. The maximum atomic E-state index is 11.9. The number of ether oxygens (including phenoxy) is 1. The number of methoxy groups -OCH3 is 1. The quantitative estimate of drug-likeness (QED) is 0.827. The summed E-state index contributed by atoms with van der Waals surface area (Å²) in [6.45, 7) is 2.50. The van der Waals surface area contributed by atoms with Crippen molar-refractivity contribution in [3.63, 3.8) is 0 Å². The maximum Gasteiger partial charge on any atom is 0.213 e. The number of rotatable bonds is 7. The van der Waals surface area contributed by atoms with Gasteiger partial charge in [-0.15, -0.1) is 0 Å². The van der Waals surface area contributed by atoms with Gasteiger partial charge < -0.3 is 9.30 Å². The van der Waals surface area contributed by atoms with Crippen molar-refractivity contribution in [2.75, 3.05) is 19.5 Å². The van der Waals surface area contributed by atoms with Crippen LogP contribution in [0, 0.1) is 0 Å². The molecule has 0 spiro atoms. The van der Waals surface area contributed by atoms with Crippen LogP contribution < -0.4 is 4.72 Å². The fourth-order valence-electron chi connectivity index (χ4n) is 2.06. The van der Waals surface area contributed by atoms with Gasteiger partial charge in [-0.05, 0) is 19.1 Å². The lowest BCUT2D eigenvalue weighted by atomic mass is 10.3. The zero-order valence-corrected chi connectivity index (χ0v) is 12.4. The third kappa shape index (κ3) is 3.78. The van der Waals surface area contributed by atoms with Crippen molar-refractivity contribution in [2.24, 2.45) is 0 Å². The molecule has 20 heavy (non-hydrogen) atoms. The maximum absolute atomic E-state index is 11.9. The molecule has 2 rings (SSSR count). The van der Waals surface area contributed by atoms with E-state index >= 15 is 0 Å². The molecule has 0 unspecified atom stereocenters. The lowest BCUT2D eigenvalue weighted by Crippen LogP contribution is -2.37. The largest absolute Gasteiger partial charge is 0.383 e. The molecule has 110 valence electrons. The Bertz CT molecular complexity index is 666. The summed E-state index contributed by atoms with van der Waals surface area (Å²) < 4.78 is 33.2. The van der Waals surface area contributed by atoms with E-state index in [1.54, 1.807) is 20.4 Å². The minimum atomic E-state index is -3.33. The molecule has 1 aromatic heterocycles. The van der Waals surface area contributed by atoms with Crippen molar-refractivity contribution in [2.45, 2.75) is 19.5 Å². The van der Waals surface area contributed by atoms with Gasteiger partial charge in [-0.25, -0.2) is 18.1 Å². The van der Waals surface area contributed by atoms with Gasteiger partial charge in [0, 0.05) is 19.7 Å². The predicted octanol–water partition coefficient (Wildman–Crippen LogP) is 0.991. The monoisotopic (exact) mass is 297 g/mol. The first kappa shape index (κ1) is 15.0. The Balaban J connectivity index is 2.01. The molecule has 2 aromatic rings.